The standard InChI is InChI=1S/C15H19ClN2O4S/c1-11(19)18(14-6-4-3-5-13(14)16)9-15(20)17(2)12-7-8-23(21,22)10-12/h3-6,12H,7-10H2,1-2H3. The van der Waals surface area contributed by atoms with Crippen LogP contribution in [0.1, 0.15) is 13.3 Å². The molecule has 0 bridgehead atoms. The van der Waals surface area contributed by atoms with E-state index in [2.05, 4.69) is 0 Å². The first-order valence-corrected chi connectivity index (χ1v) is 9.40. The number of hydrogen-bond donors (Lipinski definition) is 0. The molecule has 1 heterocycles. The van der Waals surface area contributed by atoms with Gasteiger partial charge in [-0.25, -0.2) is 8.42 Å². The maximum Gasteiger partial charge on any atom is 0.242 e. The topological polar surface area (TPSA) is 74.8 Å². The highest BCUT2D eigenvalue weighted by Gasteiger charge is 2.33. The largest absolute Gasteiger partial charge is 0.340 e. The van der Waals surface area contributed by atoms with Crippen LogP contribution in [-0.2, 0) is 19.4 Å². The molecule has 0 radical (unpaired) electrons. The quantitative estimate of drug-likeness (QED) is 0.814. The average Bonchev–Trinajstić information content (AvgIpc) is 2.84. The molecular weight excluding hydrogens is 340 g/mol. The van der Waals surface area contributed by atoms with Crippen LogP contribution in [0.15, 0.2) is 24.3 Å². The van der Waals surface area contributed by atoms with Crippen molar-refractivity contribution in [3.63, 3.8) is 0 Å². The van der Waals surface area contributed by atoms with Gasteiger partial charge in [0, 0.05) is 20.0 Å². The monoisotopic (exact) mass is 358 g/mol. The summed E-state index contributed by atoms with van der Waals surface area (Å²) in [5.41, 5.74) is 0.461. The second-order valence-electron chi connectivity index (χ2n) is 5.62. The molecule has 1 aliphatic rings. The number of hydrogen-bond acceptors (Lipinski definition) is 4. The van der Waals surface area contributed by atoms with Gasteiger partial charge in [-0.1, -0.05) is 23.7 Å². The summed E-state index contributed by atoms with van der Waals surface area (Å²) in [6.45, 7) is 1.18. The van der Waals surface area contributed by atoms with Crippen LogP contribution in [0, 0.1) is 0 Å². The Morgan fingerprint density at radius 1 is 1.30 bits per heavy atom. The predicted molar refractivity (Wildman–Crippen MR) is 89.3 cm³/mol. The van der Waals surface area contributed by atoms with Crippen LogP contribution in [0.25, 0.3) is 0 Å². The van der Waals surface area contributed by atoms with Gasteiger partial charge in [0.05, 0.1) is 22.2 Å². The second kappa shape index (κ2) is 6.88. The van der Waals surface area contributed by atoms with Crippen molar-refractivity contribution in [3.05, 3.63) is 29.3 Å². The molecule has 1 aliphatic heterocycles. The molecule has 6 nitrogen and oxygen atoms in total. The summed E-state index contributed by atoms with van der Waals surface area (Å²) in [6.07, 6.45) is 0.427. The molecule has 0 spiro atoms. The normalized spacial score (nSPS) is 19.3. The van der Waals surface area contributed by atoms with Gasteiger partial charge in [0.1, 0.15) is 6.54 Å². The lowest BCUT2D eigenvalue weighted by molar-refractivity contribution is -0.131. The van der Waals surface area contributed by atoms with Gasteiger partial charge in [0.2, 0.25) is 11.8 Å². The smallest absolute Gasteiger partial charge is 0.242 e. The number of carbonyl (C=O) groups excluding carboxylic acids is 2. The number of para-hydroxylation sites is 1. The number of anilines is 1. The van der Waals surface area contributed by atoms with Gasteiger partial charge in [-0.15, -0.1) is 0 Å². The van der Waals surface area contributed by atoms with Crippen LogP contribution >= 0.6 is 11.6 Å². The maximum atomic E-state index is 12.4. The third-order valence-electron chi connectivity index (χ3n) is 3.97. The van der Waals surface area contributed by atoms with Crippen molar-refractivity contribution < 1.29 is 18.0 Å². The van der Waals surface area contributed by atoms with Crippen LogP contribution in [0.5, 0.6) is 0 Å². The molecular formula is C15H19ClN2O4S. The SMILES string of the molecule is CC(=O)N(CC(=O)N(C)C1CCS(=O)(=O)C1)c1ccccc1Cl. The fourth-order valence-corrected chi connectivity index (χ4v) is 4.58. The lowest BCUT2D eigenvalue weighted by Crippen LogP contribution is -2.45. The molecule has 0 aliphatic carbocycles. The molecule has 23 heavy (non-hydrogen) atoms. The first kappa shape index (κ1) is 17.7. The molecule has 2 rings (SSSR count). The molecule has 0 N–H and O–H groups in total. The summed E-state index contributed by atoms with van der Waals surface area (Å²) in [7, 11) is -1.51. The minimum absolute atomic E-state index is 0.0264. The Kier molecular flexibility index (Phi) is 5.31. The molecule has 2 amide bonds. The number of benzene rings is 1. The summed E-state index contributed by atoms with van der Waals surface area (Å²) in [5.74, 6) is -0.557. The lowest BCUT2D eigenvalue weighted by atomic mass is 10.2. The number of rotatable bonds is 4. The molecule has 0 saturated carbocycles. The fourth-order valence-electron chi connectivity index (χ4n) is 2.57. The zero-order valence-corrected chi connectivity index (χ0v) is 14.6. The Bertz CT molecular complexity index is 720. The average molecular weight is 359 g/mol. The van der Waals surface area contributed by atoms with Crippen molar-refractivity contribution in [2.24, 2.45) is 0 Å². The maximum absolute atomic E-state index is 12.4. The zero-order valence-electron chi connectivity index (χ0n) is 13.0. The number of sulfone groups is 1. The first-order chi connectivity index (χ1) is 10.7. The van der Waals surface area contributed by atoms with E-state index in [1.165, 1.54) is 16.7 Å². The number of halogens is 1. The molecule has 1 aromatic rings. The van der Waals surface area contributed by atoms with Gasteiger partial charge in [0.15, 0.2) is 9.84 Å². The summed E-state index contributed by atoms with van der Waals surface area (Å²) < 4.78 is 23.1. The van der Waals surface area contributed by atoms with Crippen LogP contribution < -0.4 is 4.90 Å². The van der Waals surface area contributed by atoms with E-state index in [9.17, 15) is 18.0 Å². The van der Waals surface area contributed by atoms with Crippen LogP contribution in [-0.4, -0.2) is 56.3 Å². The molecule has 126 valence electrons. The van der Waals surface area contributed by atoms with E-state index in [1.54, 1.807) is 31.3 Å². The van der Waals surface area contributed by atoms with E-state index in [0.29, 0.717) is 17.1 Å². The van der Waals surface area contributed by atoms with Crippen molar-refractivity contribution in [3.8, 4) is 0 Å². The van der Waals surface area contributed by atoms with Crippen molar-refractivity contribution in [1.29, 1.82) is 0 Å². The van der Waals surface area contributed by atoms with E-state index in [0.717, 1.165) is 0 Å². The van der Waals surface area contributed by atoms with E-state index in [1.807, 2.05) is 0 Å². The predicted octanol–water partition coefficient (Wildman–Crippen LogP) is 1.34. The number of likely N-dealkylation sites (N-methyl/N-ethyl adjacent to an activating group) is 1. The van der Waals surface area contributed by atoms with Gasteiger partial charge >= 0.3 is 0 Å². The van der Waals surface area contributed by atoms with Crippen LogP contribution in [0.2, 0.25) is 5.02 Å². The van der Waals surface area contributed by atoms with E-state index in [-0.39, 0.29) is 35.9 Å². The van der Waals surface area contributed by atoms with Gasteiger partial charge in [0.25, 0.3) is 0 Å². The minimum Gasteiger partial charge on any atom is -0.340 e. The Morgan fingerprint density at radius 2 is 1.96 bits per heavy atom. The molecule has 1 fully saturated rings. The molecule has 0 aromatic heterocycles. The lowest BCUT2D eigenvalue weighted by Gasteiger charge is -2.28. The van der Waals surface area contributed by atoms with Crippen molar-refractivity contribution in [2.45, 2.75) is 19.4 Å². The summed E-state index contributed by atoms with van der Waals surface area (Å²) >= 11 is 6.09. The van der Waals surface area contributed by atoms with Crippen molar-refractivity contribution in [2.75, 3.05) is 30.0 Å². The highest BCUT2D eigenvalue weighted by atomic mass is 35.5. The third kappa shape index (κ3) is 4.23. The van der Waals surface area contributed by atoms with E-state index in [4.69, 9.17) is 11.6 Å². The highest BCUT2D eigenvalue weighted by Crippen LogP contribution is 2.25. The zero-order chi connectivity index (χ0) is 17.2. The Hall–Kier alpha value is -1.60. The molecule has 8 heteroatoms. The second-order valence-corrected chi connectivity index (χ2v) is 8.25. The van der Waals surface area contributed by atoms with E-state index >= 15 is 0 Å². The van der Waals surface area contributed by atoms with E-state index < -0.39 is 9.84 Å². The van der Waals surface area contributed by atoms with Gasteiger partial charge in [-0.2, -0.15) is 0 Å². The summed E-state index contributed by atoms with van der Waals surface area (Å²) in [5, 5.41) is 0.376. The first-order valence-electron chi connectivity index (χ1n) is 7.20. The molecule has 1 unspecified atom stereocenters. The van der Waals surface area contributed by atoms with Crippen molar-refractivity contribution in [1.82, 2.24) is 4.90 Å². The van der Waals surface area contributed by atoms with Crippen LogP contribution in [0.3, 0.4) is 0 Å². The number of nitrogens with zero attached hydrogens (tertiary/aromatic N) is 2. The molecule has 1 saturated heterocycles. The summed E-state index contributed by atoms with van der Waals surface area (Å²) in [4.78, 5) is 27.0. The highest BCUT2D eigenvalue weighted by molar-refractivity contribution is 7.91. The number of amides is 2. The van der Waals surface area contributed by atoms with Crippen molar-refractivity contribution >= 4 is 38.9 Å². The van der Waals surface area contributed by atoms with Gasteiger partial charge < -0.3 is 9.80 Å². The molecule has 1 atom stereocenters. The Balaban J connectivity index is 2.13. The summed E-state index contributed by atoms with van der Waals surface area (Å²) in [6, 6.07) is 6.44. The van der Waals surface area contributed by atoms with Gasteiger partial charge in [-0.05, 0) is 18.6 Å². The van der Waals surface area contributed by atoms with Gasteiger partial charge in [-0.3, -0.25) is 9.59 Å². The third-order valence-corrected chi connectivity index (χ3v) is 6.04. The Labute approximate surface area is 140 Å². The van der Waals surface area contributed by atoms with Crippen LogP contribution in [0.4, 0.5) is 5.69 Å². The minimum atomic E-state index is -3.07. The fraction of sp³-hybridized carbons (Fsp3) is 0.467. The number of carbonyl (C=O) groups is 2. The molecule has 1 aromatic carbocycles. The Morgan fingerprint density at radius 3 is 2.48 bits per heavy atom.